The van der Waals surface area contributed by atoms with Gasteiger partial charge in [0.2, 0.25) is 0 Å². The molecule has 0 amide bonds. The molecule has 0 atom stereocenters. The van der Waals surface area contributed by atoms with E-state index in [0.29, 0.717) is 0 Å². The van der Waals surface area contributed by atoms with Gasteiger partial charge >= 0.3 is 0 Å². The fourth-order valence-electron chi connectivity index (χ4n) is 0.553. The number of thioether (sulfide) groups is 3. The Morgan fingerprint density at radius 3 is 1.30 bits per heavy atom. The fourth-order valence-corrected chi connectivity index (χ4v) is 4.97. The van der Waals surface area contributed by atoms with Gasteiger partial charge in [-0.15, -0.1) is 35.3 Å². The molecule has 0 heterocycles. The average Bonchev–Trinajstić information content (AvgIpc) is 1.90. The molecule has 0 fully saturated rings. The smallest absolute Gasteiger partial charge is 0.0955 e. The molecule has 0 aliphatic carbocycles. The molecule has 3 heteroatoms. The van der Waals surface area contributed by atoms with E-state index in [1.807, 2.05) is 0 Å². The van der Waals surface area contributed by atoms with Crippen LogP contribution in [0.25, 0.3) is 0 Å². The summed E-state index contributed by atoms with van der Waals surface area (Å²) in [7, 11) is 0. The Morgan fingerprint density at radius 1 is 0.800 bits per heavy atom. The zero-order chi connectivity index (χ0) is 7.82. The van der Waals surface area contributed by atoms with Gasteiger partial charge in [0.1, 0.15) is 0 Å². The van der Waals surface area contributed by atoms with Crippen molar-refractivity contribution in [3.05, 3.63) is 0 Å². The lowest BCUT2D eigenvalue weighted by molar-refractivity contribution is 1.49. The Balaban J connectivity index is 3.30. The first-order valence-corrected chi connectivity index (χ1v) is 6.84. The highest BCUT2D eigenvalue weighted by Crippen LogP contribution is 2.32. The van der Waals surface area contributed by atoms with Gasteiger partial charge in [-0.2, -0.15) is 0 Å². The van der Waals surface area contributed by atoms with Crippen LogP contribution < -0.4 is 0 Å². The van der Waals surface area contributed by atoms with Crippen LogP contribution in [0.5, 0.6) is 0 Å². The molecule has 62 valence electrons. The highest BCUT2D eigenvalue weighted by Gasteiger charge is 2.05. The Morgan fingerprint density at radius 2 is 1.10 bits per heavy atom. The summed E-state index contributed by atoms with van der Waals surface area (Å²) in [5, 5.41) is 0. The van der Waals surface area contributed by atoms with E-state index in [4.69, 9.17) is 0 Å². The van der Waals surface area contributed by atoms with E-state index in [-0.39, 0.29) is 0 Å². The van der Waals surface area contributed by atoms with Gasteiger partial charge < -0.3 is 0 Å². The van der Waals surface area contributed by atoms with Gasteiger partial charge in [-0.05, 0) is 17.3 Å². The van der Waals surface area contributed by atoms with Crippen molar-refractivity contribution in [1.29, 1.82) is 0 Å². The minimum Gasteiger partial charge on any atom is -0.137 e. The van der Waals surface area contributed by atoms with Gasteiger partial charge in [0.15, 0.2) is 0 Å². The van der Waals surface area contributed by atoms with Gasteiger partial charge in [0, 0.05) is 0 Å². The predicted molar refractivity (Wildman–Crippen MR) is 58.2 cm³/mol. The molecule has 0 radical (unpaired) electrons. The van der Waals surface area contributed by atoms with Gasteiger partial charge in [-0.1, -0.05) is 20.8 Å². The van der Waals surface area contributed by atoms with Crippen molar-refractivity contribution in [2.45, 2.75) is 24.7 Å². The quantitative estimate of drug-likeness (QED) is 0.597. The first-order chi connectivity index (χ1) is 4.85. The summed E-state index contributed by atoms with van der Waals surface area (Å²) in [6.45, 7) is 6.68. The SMILES string of the molecule is CCSC(SCC)SCC. The number of rotatable bonds is 6. The van der Waals surface area contributed by atoms with Crippen LogP contribution >= 0.6 is 35.3 Å². The van der Waals surface area contributed by atoms with Crippen LogP contribution in [0.2, 0.25) is 0 Å². The maximum atomic E-state index is 2.23. The van der Waals surface area contributed by atoms with Crippen molar-refractivity contribution in [3.63, 3.8) is 0 Å². The van der Waals surface area contributed by atoms with Crippen molar-refractivity contribution in [3.8, 4) is 0 Å². The van der Waals surface area contributed by atoms with Crippen molar-refractivity contribution >= 4 is 35.3 Å². The van der Waals surface area contributed by atoms with E-state index in [9.17, 15) is 0 Å². The molecule has 0 rings (SSSR count). The number of hydrogen-bond donors (Lipinski definition) is 0. The van der Waals surface area contributed by atoms with Crippen molar-refractivity contribution in [2.24, 2.45) is 0 Å². The van der Waals surface area contributed by atoms with Gasteiger partial charge in [-0.25, -0.2) is 0 Å². The summed E-state index contributed by atoms with van der Waals surface area (Å²) in [6.07, 6.45) is 0. The van der Waals surface area contributed by atoms with Crippen molar-refractivity contribution < 1.29 is 0 Å². The summed E-state index contributed by atoms with van der Waals surface area (Å²) < 4.78 is 0.778. The first-order valence-electron chi connectivity index (χ1n) is 3.69. The molecule has 0 aromatic carbocycles. The largest absolute Gasteiger partial charge is 0.137 e. The lowest BCUT2D eigenvalue weighted by Crippen LogP contribution is -1.92. The maximum Gasteiger partial charge on any atom is 0.0955 e. The zero-order valence-electron chi connectivity index (χ0n) is 6.92. The summed E-state index contributed by atoms with van der Waals surface area (Å²) in [5.41, 5.74) is 0. The lowest BCUT2D eigenvalue weighted by atomic mass is 11.0. The van der Waals surface area contributed by atoms with Crippen LogP contribution in [0.4, 0.5) is 0 Å². The Hall–Kier alpha value is 1.05. The third kappa shape index (κ3) is 5.81. The van der Waals surface area contributed by atoms with Gasteiger partial charge in [-0.3, -0.25) is 0 Å². The van der Waals surface area contributed by atoms with E-state index in [0.717, 1.165) is 3.91 Å². The van der Waals surface area contributed by atoms with E-state index in [1.54, 1.807) is 0 Å². The molecule has 0 saturated heterocycles. The summed E-state index contributed by atoms with van der Waals surface area (Å²) in [6, 6.07) is 0. The summed E-state index contributed by atoms with van der Waals surface area (Å²) in [5.74, 6) is 3.72. The van der Waals surface area contributed by atoms with E-state index in [2.05, 4.69) is 56.1 Å². The second-order valence-corrected chi connectivity index (χ2v) is 6.70. The van der Waals surface area contributed by atoms with Crippen LogP contribution in [-0.4, -0.2) is 21.2 Å². The molecule has 0 nitrogen and oxygen atoms in total. The molecule has 0 aliphatic heterocycles. The molecule has 0 saturated carbocycles. The summed E-state index contributed by atoms with van der Waals surface area (Å²) >= 11 is 6.15. The van der Waals surface area contributed by atoms with Crippen LogP contribution in [0.1, 0.15) is 20.8 Å². The predicted octanol–water partition coefficient (Wildman–Crippen LogP) is 3.53. The number of hydrogen-bond acceptors (Lipinski definition) is 3. The molecule has 0 unspecified atom stereocenters. The van der Waals surface area contributed by atoms with E-state index < -0.39 is 0 Å². The monoisotopic (exact) mass is 196 g/mol. The molecule has 0 spiro atoms. The normalized spacial score (nSPS) is 10.8. The minimum atomic E-state index is 0.778. The first kappa shape index (κ1) is 11.1. The molecule has 0 N–H and O–H groups in total. The molecule has 0 aromatic rings. The molecule has 0 bridgehead atoms. The summed E-state index contributed by atoms with van der Waals surface area (Å²) in [4.78, 5) is 0. The zero-order valence-corrected chi connectivity index (χ0v) is 9.37. The van der Waals surface area contributed by atoms with Crippen LogP contribution in [0.15, 0.2) is 0 Å². The van der Waals surface area contributed by atoms with Crippen molar-refractivity contribution in [2.75, 3.05) is 17.3 Å². The second kappa shape index (κ2) is 8.15. The van der Waals surface area contributed by atoms with E-state index in [1.165, 1.54) is 17.3 Å². The topological polar surface area (TPSA) is 0 Å². The van der Waals surface area contributed by atoms with Crippen LogP contribution in [0.3, 0.4) is 0 Å². The second-order valence-electron chi connectivity index (χ2n) is 1.65. The van der Waals surface area contributed by atoms with Gasteiger partial charge in [0.05, 0.1) is 3.91 Å². The third-order valence-corrected chi connectivity index (χ3v) is 5.17. The fraction of sp³-hybridized carbons (Fsp3) is 1.00. The Bertz CT molecular complexity index is 51.6. The lowest BCUT2D eigenvalue weighted by Gasteiger charge is -2.11. The maximum absolute atomic E-state index is 2.23. The van der Waals surface area contributed by atoms with Crippen LogP contribution in [0, 0.1) is 0 Å². The Labute approximate surface area is 77.3 Å². The standard InChI is InChI=1S/C7H16S3/c1-4-8-7(9-5-2)10-6-3/h7H,4-6H2,1-3H3. The Kier molecular flexibility index (Phi) is 9.01. The molecule has 0 aliphatic rings. The van der Waals surface area contributed by atoms with Crippen LogP contribution in [-0.2, 0) is 0 Å². The van der Waals surface area contributed by atoms with E-state index >= 15 is 0 Å². The molecular formula is C7H16S3. The average molecular weight is 196 g/mol. The molecule has 10 heavy (non-hydrogen) atoms. The minimum absolute atomic E-state index is 0.778. The highest BCUT2D eigenvalue weighted by atomic mass is 32.3. The van der Waals surface area contributed by atoms with Crippen molar-refractivity contribution in [1.82, 2.24) is 0 Å². The third-order valence-electron chi connectivity index (χ3n) is 0.908. The molecular weight excluding hydrogens is 180 g/mol. The van der Waals surface area contributed by atoms with Gasteiger partial charge in [0.25, 0.3) is 0 Å². The highest BCUT2D eigenvalue weighted by molar-refractivity contribution is 8.32. The molecule has 0 aromatic heterocycles.